The summed E-state index contributed by atoms with van der Waals surface area (Å²) in [5.41, 5.74) is 3.82. The van der Waals surface area contributed by atoms with Crippen LogP contribution in [0, 0.1) is 6.92 Å². The summed E-state index contributed by atoms with van der Waals surface area (Å²) in [5.74, 6) is 0.675. The van der Waals surface area contributed by atoms with Crippen LogP contribution in [0.1, 0.15) is 41.0 Å². The van der Waals surface area contributed by atoms with Crippen LogP contribution in [-0.2, 0) is 6.42 Å². The van der Waals surface area contributed by atoms with E-state index < -0.39 is 0 Å². The lowest BCUT2D eigenvalue weighted by molar-refractivity contribution is 0.0718. The molecule has 1 aromatic carbocycles. The summed E-state index contributed by atoms with van der Waals surface area (Å²) in [4.78, 5) is 26.0. The molecule has 0 saturated carbocycles. The van der Waals surface area contributed by atoms with Crippen molar-refractivity contribution in [3.8, 4) is 0 Å². The van der Waals surface area contributed by atoms with E-state index in [1.165, 1.54) is 12.0 Å². The number of carbonyl (C=O) groups excluding carboxylic acids is 1. The average molecular weight is 322 g/mol. The number of carbonyl (C=O) groups is 1. The Morgan fingerprint density at radius 1 is 1.04 bits per heavy atom. The molecule has 1 fully saturated rings. The van der Waals surface area contributed by atoms with E-state index in [1.54, 1.807) is 0 Å². The van der Waals surface area contributed by atoms with Crippen molar-refractivity contribution in [2.24, 2.45) is 0 Å². The number of aryl methyl sites for hydroxylation is 1. The van der Waals surface area contributed by atoms with Crippen molar-refractivity contribution in [1.82, 2.24) is 14.9 Å². The lowest BCUT2D eigenvalue weighted by Gasteiger charge is -2.27. The van der Waals surface area contributed by atoms with Crippen molar-refractivity contribution in [2.45, 2.75) is 32.6 Å². The molecule has 5 nitrogen and oxygen atoms in total. The number of piperidine rings is 1. The fraction of sp³-hybridized carbons (Fsp3) is 0.421. The zero-order chi connectivity index (χ0) is 16.5. The largest absolute Gasteiger partial charge is 0.337 e. The van der Waals surface area contributed by atoms with Gasteiger partial charge in [0.15, 0.2) is 0 Å². The van der Waals surface area contributed by atoms with Crippen LogP contribution in [0.25, 0.3) is 0 Å². The van der Waals surface area contributed by atoms with E-state index in [0.29, 0.717) is 11.6 Å². The molecule has 0 N–H and O–H groups in total. The molecule has 0 radical (unpaired) electrons. The molecule has 0 aliphatic carbocycles. The van der Waals surface area contributed by atoms with Crippen molar-refractivity contribution < 1.29 is 4.79 Å². The van der Waals surface area contributed by atoms with Gasteiger partial charge in [-0.05, 0) is 50.3 Å². The summed E-state index contributed by atoms with van der Waals surface area (Å²) in [6.45, 7) is 4.47. The smallest absolute Gasteiger partial charge is 0.272 e. The molecule has 0 bridgehead atoms. The van der Waals surface area contributed by atoms with Crippen LogP contribution in [0.15, 0.2) is 30.3 Å². The Kier molecular flexibility index (Phi) is 3.92. The Hall–Kier alpha value is -2.43. The maximum atomic E-state index is 12.8. The Bertz CT molecular complexity index is 768. The summed E-state index contributed by atoms with van der Waals surface area (Å²) < 4.78 is 0. The van der Waals surface area contributed by atoms with Crippen LogP contribution in [0.2, 0.25) is 0 Å². The van der Waals surface area contributed by atoms with Crippen LogP contribution in [0.3, 0.4) is 0 Å². The first-order valence-corrected chi connectivity index (χ1v) is 8.73. The van der Waals surface area contributed by atoms with Crippen LogP contribution >= 0.6 is 0 Å². The van der Waals surface area contributed by atoms with E-state index in [2.05, 4.69) is 33.1 Å². The quantitative estimate of drug-likeness (QED) is 0.852. The van der Waals surface area contributed by atoms with E-state index in [-0.39, 0.29) is 5.91 Å². The SMILES string of the molecule is Cc1cc(C(=O)N2CCCCC2)nc(N2CCc3ccccc32)n1. The van der Waals surface area contributed by atoms with Crippen LogP contribution < -0.4 is 4.90 Å². The number of anilines is 2. The van der Waals surface area contributed by atoms with Crippen molar-refractivity contribution in [1.29, 1.82) is 0 Å². The van der Waals surface area contributed by atoms with E-state index in [1.807, 2.05) is 24.0 Å². The van der Waals surface area contributed by atoms with Gasteiger partial charge in [-0.2, -0.15) is 0 Å². The third-order valence-electron chi connectivity index (χ3n) is 4.83. The standard InChI is InChI=1S/C19H22N4O/c1-14-13-16(18(24)22-10-5-2-6-11-22)21-19(20-14)23-12-9-15-7-3-4-8-17(15)23/h3-4,7-8,13H,2,5-6,9-12H2,1H3. The lowest BCUT2D eigenvalue weighted by Crippen LogP contribution is -2.36. The number of nitrogens with zero attached hydrogens (tertiary/aromatic N) is 4. The predicted octanol–water partition coefficient (Wildman–Crippen LogP) is 3.11. The molecule has 5 heteroatoms. The third-order valence-corrected chi connectivity index (χ3v) is 4.83. The number of likely N-dealkylation sites (tertiary alicyclic amines) is 1. The first kappa shape index (κ1) is 15.1. The minimum Gasteiger partial charge on any atom is -0.337 e. The first-order chi connectivity index (χ1) is 11.7. The van der Waals surface area contributed by atoms with E-state index in [0.717, 1.165) is 50.3 Å². The van der Waals surface area contributed by atoms with Gasteiger partial charge in [-0.25, -0.2) is 9.97 Å². The van der Waals surface area contributed by atoms with Gasteiger partial charge in [0.1, 0.15) is 5.69 Å². The maximum absolute atomic E-state index is 12.8. The number of aromatic nitrogens is 2. The molecule has 0 spiro atoms. The molecule has 2 aliphatic rings. The number of hydrogen-bond acceptors (Lipinski definition) is 4. The van der Waals surface area contributed by atoms with Gasteiger partial charge >= 0.3 is 0 Å². The summed E-state index contributed by atoms with van der Waals surface area (Å²) in [6, 6.07) is 10.1. The van der Waals surface area contributed by atoms with Crippen molar-refractivity contribution >= 4 is 17.5 Å². The van der Waals surface area contributed by atoms with Crippen LogP contribution in [0.5, 0.6) is 0 Å². The summed E-state index contributed by atoms with van der Waals surface area (Å²) >= 11 is 0. The van der Waals surface area contributed by atoms with Gasteiger partial charge in [0.05, 0.1) is 0 Å². The van der Waals surface area contributed by atoms with E-state index >= 15 is 0 Å². The summed E-state index contributed by atoms with van der Waals surface area (Å²) in [5, 5.41) is 0. The van der Waals surface area contributed by atoms with Gasteiger partial charge < -0.3 is 9.80 Å². The molecule has 3 heterocycles. The maximum Gasteiger partial charge on any atom is 0.272 e. The monoisotopic (exact) mass is 322 g/mol. The molecular formula is C19H22N4O. The predicted molar refractivity (Wildman–Crippen MR) is 93.7 cm³/mol. The zero-order valence-electron chi connectivity index (χ0n) is 14.0. The van der Waals surface area contributed by atoms with Gasteiger partial charge in [0.25, 0.3) is 5.91 Å². The highest BCUT2D eigenvalue weighted by Crippen LogP contribution is 2.32. The number of fused-ring (bicyclic) bond motifs is 1. The highest BCUT2D eigenvalue weighted by molar-refractivity contribution is 5.93. The summed E-state index contributed by atoms with van der Waals surface area (Å²) in [6.07, 6.45) is 4.37. The van der Waals surface area contributed by atoms with Crippen LogP contribution in [-0.4, -0.2) is 40.4 Å². The molecule has 2 aliphatic heterocycles. The lowest BCUT2D eigenvalue weighted by atomic mass is 10.1. The fourth-order valence-electron chi connectivity index (χ4n) is 3.59. The number of para-hydroxylation sites is 1. The number of rotatable bonds is 2. The van der Waals surface area contributed by atoms with Crippen molar-refractivity contribution in [2.75, 3.05) is 24.5 Å². The second-order valence-corrected chi connectivity index (χ2v) is 6.58. The molecule has 2 aromatic rings. The zero-order valence-corrected chi connectivity index (χ0v) is 14.0. The van der Waals surface area contributed by atoms with Gasteiger partial charge in [-0.3, -0.25) is 4.79 Å². The molecule has 4 rings (SSSR count). The minimum atomic E-state index is 0.0360. The molecule has 1 saturated heterocycles. The Balaban J connectivity index is 1.66. The van der Waals surface area contributed by atoms with Gasteiger partial charge in [0.2, 0.25) is 5.95 Å². The highest BCUT2D eigenvalue weighted by Gasteiger charge is 2.25. The molecule has 1 aromatic heterocycles. The van der Waals surface area contributed by atoms with Gasteiger partial charge in [-0.15, -0.1) is 0 Å². The molecule has 1 amide bonds. The number of benzene rings is 1. The number of amides is 1. The van der Waals surface area contributed by atoms with Crippen molar-refractivity contribution in [3.63, 3.8) is 0 Å². The molecule has 0 unspecified atom stereocenters. The van der Waals surface area contributed by atoms with Crippen LogP contribution in [0.4, 0.5) is 11.6 Å². The second kappa shape index (κ2) is 6.23. The Morgan fingerprint density at radius 3 is 2.67 bits per heavy atom. The molecule has 24 heavy (non-hydrogen) atoms. The molecule has 124 valence electrons. The Labute approximate surface area is 142 Å². The molecular weight excluding hydrogens is 300 g/mol. The normalized spacial score (nSPS) is 17.0. The summed E-state index contributed by atoms with van der Waals surface area (Å²) in [7, 11) is 0. The highest BCUT2D eigenvalue weighted by atomic mass is 16.2. The molecule has 0 atom stereocenters. The van der Waals surface area contributed by atoms with Crippen molar-refractivity contribution in [3.05, 3.63) is 47.3 Å². The third kappa shape index (κ3) is 2.75. The van der Waals surface area contributed by atoms with E-state index in [4.69, 9.17) is 0 Å². The first-order valence-electron chi connectivity index (χ1n) is 8.73. The number of hydrogen-bond donors (Lipinski definition) is 0. The Morgan fingerprint density at radius 2 is 1.83 bits per heavy atom. The van der Waals surface area contributed by atoms with E-state index in [9.17, 15) is 4.79 Å². The minimum absolute atomic E-state index is 0.0360. The van der Waals surface area contributed by atoms with Gasteiger partial charge in [-0.1, -0.05) is 18.2 Å². The second-order valence-electron chi connectivity index (χ2n) is 6.58. The topological polar surface area (TPSA) is 49.3 Å². The fourth-order valence-corrected chi connectivity index (χ4v) is 3.59. The van der Waals surface area contributed by atoms with Gasteiger partial charge in [0, 0.05) is 31.0 Å². The average Bonchev–Trinajstić information content (AvgIpc) is 3.05.